The van der Waals surface area contributed by atoms with Gasteiger partial charge in [0.25, 0.3) is 0 Å². The molecule has 0 unspecified atom stereocenters. The molecule has 0 saturated heterocycles. The predicted octanol–water partition coefficient (Wildman–Crippen LogP) is 27.1. The number of aromatic nitrogens is 10. The molecule has 25 heteroatoms. The summed E-state index contributed by atoms with van der Waals surface area (Å²) in [6.45, 7) is 36.0. The molecule has 5 aliphatic heterocycles. The molecule has 14 aromatic heterocycles. The van der Waals surface area contributed by atoms with Crippen molar-refractivity contribution in [2.45, 2.75) is 155 Å². The van der Waals surface area contributed by atoms with Crippen molar-refractivity contribution in [1.82, 2.24) is 49.8 Å². The molecule has 21 aromatic rings. The molecule has 0 saturated carbocycles. The van der Waals surface area contributed by atoms with Crippen LogP contribution in [0.4, 0.5) is 91.7 Å². The first-order chi connectivity index (χ1) is 66.3. The Labute approximate surface area is 793 Å². The number of anilines is 16. The number of aryl methyl sites for hydroxylation is 10. The van der Waals surface area contributed by atoms with E-state index >= 15 is 0 Å². The number of para-hydroxylation sites is 3. The summed E-state index contributed by atoms with van der Waals surface area (Å²) in [6, 6.07) is 74.0. The number of fused-ring (bicyclic) bond motifs is 20. The number of hydrogen-bond acceptors (Lipinski definition) is 25. The van der Waals surface area contributed by atoms with Crippen LogP contribution in [0, 0.1) is 69.2 Å². The van der Waals surface area contributed by atoms with Crippen molar-refractivity contribution in [3.8, 4) is 0 Å². The number of pyridine rings is 8. The van der Waals surface area contributed by atoms with E-state index in [0.717, 1.165) is 202 Å². The Balaban J connectivity index is 0.0000000992. The zero-order valence-corrected chi connectivity index (χ0v) is 80.5. The van der Waals surface area contributed by atoms with Crippen molar-refractivity contribution < 1.29 is 22.1 Å². The van der Waals surface area contributed by atoms with Crippen LogP contribution in [-0.2, 0) is 0 Å². The maximum Gasteiger partial charge on any atom is 0.227 e. The number of furan rings is 5. The normalized spacial score (nSPS) is 16.5. The van der Waals surface area contributed by atoms with Gasteiger partial charge >= 0.3 is 0 Å². The van der Waals surface area contributed by atoms with E-state index in [1.165, 1.54) is 28.2 Å². The maximum absolute atomic E-state index is 6.39. The molecule has 0 fully saturated rings. The van der Waals surface area contributed by atoms with Crippen molar-refractivity contribution in [1.29, 1.82) is 0 Å². The van der Waals surface area contributed by atoms with E-state index in [1.54, 1.807) is 12.4 Å². The predicted molar refractivity (Wildman–Crippen MR) is 556 cm³/mol. The Morgan fingerprint density at radius 3 is 0.920 bits per heavy atom. The second-order valence-corrected chi connectivity index (χ2v) is 36.9. The molecule has 25 nitrogen and oxygen atoms in total. The highest BCUT2D eigenvalue weighted by Crippen LogP contribution is 2.55. The molecule has 0 radical (unpaired) electrons. The highest BCUT2D eigenvalue weighted by Gasteiger charge is 2.43. The van der Waals surface area contributed by atoms with Crippen LogP contribution in [0.5, 0.6) is 0 Å². The van der Waals surface area contributed by atoms with Crippen molar-refractivity contribution in [2.75, 3.05) is 70.1 Å². The van der Waals surface area contributed by atoms with Crippen LogP contribution in [-0.4, -0.2) is 108 Å². The van der Waals surface area contributed by atoms with Crippen molar-refractivity contribution >= 4 is 202 Å². The van der Waals surface area contributed by atoms with Gasteiger partial charge in [-0.2, -0.15) is 0 Å². The van der Waals surface area contributed by atoms with Crippen LogP contribution >= 0.6 is 0 Å². The zero-order chi connectivity index (χ0) is 94.7. The molecule has 0 bridgehead atoms. The summed E-state index contributed by atoms with van der Waals surface area (Å²) in [4.78, 5) is 68.9. The first-order valence-electron chi connectivity index (χ1n) is 46.8. The first kappa shape index (κ1) is 86.2. The van der Waals surface area contributed by atoms with E-state index in [-0.39, 0.29) is 30.8 Å². The molecule has 0 amide bonds. The van der Waals surface area contributed by atoms with E-state index in [2.05, 4.69) is 355 Å². The Hall–Kier alpha value is -16.2. The van der Waals surface area contributed by atoms with Crippen LogP contribution in [0.1, 0.15) is 105 Å². The van der Waals surface area contributed by atoms with Crippen LogP contribution < -0.4 is 49.0 Å². The summed E-state index contributed by atoms with van der Waals surface area (Å²) in [6.07, 6.45) is 9.61. The number of nitrogens with zero attached hydrogens (tertiary/aromatic N) is 20. The molecule has 0 aliphatic carbocycles. The summed E-state index contributed by atoms with van der Waals surface area (Å²) in [5, 5.41) is 10.7. The van der Waals surface area contributed by atoms with E-state index < -0.39 is 0 Å². The van der Waals surface area contributed by atoms with Gasteiger partial charge < -0.3 is 66.2 Å². The summed E-state index contributed by atoms with van der Waals surface area (Å²) in [7, 11) is 6.22. The van der Waals surface area contributed by atoms with E-state index in [9.17, 15) is 0 Å². The number of benzene rings is 7. The molecule has 684 valence electrons. The van der Waals surface area contributed by atoms with Gasteiger partial charge in [0.2, 0.25) is 28.6 Å². The summed E-state index contributed by atoms with van der Waals surface area (Å²) in [5.74, 6) is 4.65. The highest BCUT2D eigenvalue weighted by atomic mass is 16.4. The minimum absolute atomic E-state index is 0.0830. The van der Waals surface area contributed by atoms with Gasteiger partial charge in [-0.15, -0.1) is 0 Å². The standard InChI is InChI=1S/C27H23N3O.C23H24N4O.2C21H20N4O.C20H19N5O/c1-17-13-15-21-22-16-14-18(2)28-27(22)31-26(21)25(17)30-19(3)29(20-9-5-4-6-10-20)23-11-7-8-12-24(23)30;1-13(2)26-16(5)27(22-19(26)7-6-12-24-22)20-14(3)8-10-17-18-11-9-15(4)25-23(18)28-21(17)20;1-12-7-9-15-16-10-8-13(2)23-21(16)26-19(15)18(12)25-14(3)24(4)20-17(25)6-5-11-22-20;1-12-7-9-15-16-10-8-13(2)23-21(16)26-19(15)18(12)25-14(3)24(4)17-6-5-11-22-20(17)25;1-11-5-7-14-15-8-6-12(2)23-20(15)26-17(14)16(11)25-13(3)24(4)18-19(25)22-10-9-21-18/h4-16,19H,1-3H3;6-13,16H,1-5H3;2*5-11,14H,1-4H3;5-10,13H,1-4H3/t19-;16-;2*14-;13-/m00000/s1. The third-order valence-electron chi connectivity index (χ3n) is 27.9. The van der Waals surface area contributed by atoms with Gasteiger partial charge in [-0.05, 0) is 267 Å². The minimum atomic E-state index is 0.0830. The molecule has 26 rings (SSSR count). The van der Waals surface area contributed by atoms with E-state index in [4.69, 9.17) is 27.1 Å². The Bertz CT molecular complexity index is 7950. The largest absolute Gasteiger partial charge is 0.435 e. The molecule has 137 heavy (non-hydrogen) atoms. The fourth-order valence-corrected chi connectivity index (χ4v) is 20.9. The lowest BCUT2D eigenvalue weighted by Gasteiger charge is -2.33. The Kier molecular flexibility index (Phi) is 21.1. The number of hydrogen-bond donors (Lipinski definition) is 0. The SMILES string of the molecule is Cc1ccc2c(n1)oc1c(N3c4ccccc4N(c4ccccc4)[C@@H]3C)c(C)ccc12.Cc1ccc2c(n1)oc1c(N3c4cccnc4N(C)[C@@H]3C)c(C)ccc12.Cc1ccc2c(n1)oc1c(N3c4ncccc4N(C(C)C)[C@@H]3C)c(C)ccc12.Cc1ccc2c(n1)oc1c(N3c4ncccc4N(C)[C@@H]3C)c(C)ccc12.Cc1ccc2c(n1)oc1c(N3c4nccnc4N(C)[C@@H]3C)c(C)ccc12. The highest BCUT2D eigenvalue weighted by molar-refractivity contribution is 6.15. The monoisotopic (exact) mass is 1810 g/mol. The second-order valence-electron chi connectivity index (χ2n) is 36.9. The van der Waals surface area contributed by atoms with Crippen LogP contribution in [0.25, 0.3) is 110 Å². The molecule has 19 heterocycles. The van der Waals surface area contributed by atoms with Gasteiger partial charge in [-0.1, -0.05) is 91.0 Å². The molecule has 0 N–H and O–H groups in total. The molecule has 0 spiro atoms. The zero-order valence-electron chi connectivity index (χ0n) is 80.5. The Morgan fingerprint density at radius 1 is 0.234 bits per heavy atom. The third-order valence-corrected chi connectivity index (χ3v) is 27.9. The van der Waals surface area contributed by atoms with Gasteiger partial charge in [0.15, 0.2) is 57.0 Å². The molecular formula is C112H106N20O5. The topological polar surface area (TPSA) is 227 Å². The average molecular weight is 1810 g/mol. The van der Waals surface area contributed by atoms with Gasteiger partial charge in [-0.25, -0.2) is 49.8 Å². The molecule has 5 atom stereocenters. The van der Waals surface area contributed by atoms with Gasteiger partial charge in [0.1, 0.15) is 30.8 Å². The van der Waals surface area contributed by atoms with Crippen molar-refractivity contribution in [3.63, 3.8) is 0 Å². The minimum Gasteiger partial charge on any atom is -0.435 e. The fraction of sp³-hybridized carbons (Fsp3) is 0.232. The van der Waals surface area contributed by atoms with Crippen LogP contribution in [0.3, 0.4) is 0 Å². The Morgan fingerprint density at radius 2 is 0.518 bits per heavy atom. The lowest BCUT2D eigenvalue weighted by Crippen LogP contribution is -2.42. The fourth-order valence-electron chi connectivity index (χ4n) is 20.9. The summed E-state index contributed by atoms with van der Waals surface area (Å²) in [5.41, 5.74) is 30.7. The van der Waals surface area contributed by atoms with E-state index in [0.29, 0.717) is 34.6 Å². The third kappa shape index (κ3) is 14.0. The smallest absolute Gasteiger partial charge is 0.227 e. The molecular weight excluding hydrogens is 1710 g/mol. The van der Waals surface area contributed by atoms with Gasteiger partial charge in [-0.3, -0.25) is 4.90 Å². The summed E-state index contributed by atoms with van der Waals surface area (Å²) < 4.78 is 31.5. The quantitative estimate of drug-likeness (QED) is 0.144. The van der Waals surface area contributed by atoms with Gasteiger partial charge in [0.05, 0.1) is 56.9 Å². The molecule has 5 aliphatic rings. The summed E-state index contributed by atoms with van der Waals surface area (Å²) >= 11 is 0. The van der Waals surface area contributed by atoms with Crippen molar-refractivity contribution in [3.05, 3.63) is 300 Å². The van der Waals surface area contributed by atoms with Crippen molar-refractivity contribution in [2.24, 2.45) is 0 Å². The second kappa shape index (κ2) is 33.5. The first-order valence-corrected chi connectivity index (χ1v) is 46.8. The van der Waals surface area contributed by atoms with Crippen LogP contribution in [0.2, 0.25) is 0 Å². The van der Waals surface area contributed by atoms with E-state index in [1.807, 2.05) is 109 Å². The lowest BCUT2D eigenvalue weighted by molar-refractivity contribution is 0.601. The molecule has 7 aromatic carbocycles. The average Bonchev–Trinajstić information content (AvgIpc) is 1.53. The van der Waals surface area contributed by atoms with Gasteiger partial charge in [0, 0.05) is 146 Å². The van der Waals surface area contributed by atoms with Crippen LogP contribution in [0.15, 0.2) is 265 Å². The number of rotatable bonds is 7. The lowest BCUT2D eigenvalue weighted by atomic mass is 10.1. The maximum atomic E-state index is 6.39.